The molecule has 1 aromatic carbocycles. The van der Waals surface area contributed by atoms with E-state index in [0.717, 1.165) is 5.56 Å². The number of hydrogen-bond donors (Lipinski definition) is 1. The highest BCUT2D eigenvalue weighted by molar-refractivity contribution is 5.82. The van der Waals surface area contributed by atoms with E-state index in [4.69, 9.17) is 9.47 Å². The largest absolute Gasteiger partial charge is 0.497 e. The molecule has 1 unspecified atom stereocenters. The van der Waals surface area contributed by atoms with Crippen molar-refractivity contribution in [3.8, 4) is 5.75 Å². The van der Waals surface area contributed by atoms with Gasteiger partial charge in [-0.3, -0.25) is 5.32 Å². The maximum Gasteiger partial charge on any atom is 0.330 e. The smallest absolute Gasteiger partial charge is 0.330 e. The van der Waals surface area contributed by atoms with Crippen molar-refractivity contribution in [1.82, 2.24) is 5.32 Å². The Morgan fingerprint density at radius 2 is 2.22 bits per heavy atom. The molecular weight excluding hydrogens is 230 g/mol. The molecule has 4 heteroatoms. The van der Waals surface area contributed by atoms with Crippen molar-refractivity contribution in [2.24, 2.45) is 0 Å². The number of carbonyl (C=O) groups excluding carboxylic acids is 1. The SMILES string of the molecule is C=CCNC(C)(C(=O)OC)c1cccc(OC)c1. The standard InChI is InChI=1S/C14H19NO3/c1-5-9-15-14(2,13(16)18-4)11-7-6-8-12(10-11)17-3/h5-8,10,15H,1,9H2,2-4H3. The van der Waals surface area contributed by atoms with Crippen molar-refractivity contribution in [3.05, 3.63) is 42.5 Å². The van der Waals surface area contributed by atoms with Gasteiger partial charge in [0.1, 0.15) is 11.3 Å². The Hall–Kier alpha value is -1.81. The lowest BCUT2D eigenvalue weighted by Crippen LogP contribution is -2.47. The number of hydrogen-bond acceptors (Lipinski definition) is 4. The van der Waals surface area contributed by atoms with E-state index >= 15 is 0 Å². The summed E-state index contributed by atoms with van der Waals surface area (Å²) in [5, 5.41) is 3.12. The molecule has 0 amide bonds. The van der Waals surface area contributed by atoms with Crippen molar-refractivity contribution in [3.63, 3.8) is 0 Å². The quantitative estimate of drug-likeness (QED) is 0.617. The highest BCUT2D eigenvalue weighted by Crippen LogP contribution is 2.25. The fraction of sp³-hybridized carbons (Fsp3) is 0.357. The molecule has 0 aliphatic rings. The number of carbonyl (C=O) groups is 1. The van der Waals surface area contributed by atoms with Crippen LogP contribution in [0.3, 0.4) is 0 Å². The zero-order chi connectivity index (χ0) is 13.6. The van der Waals surface area contributed by atoms with E-state index in [1.165, 1.54) is 7.11 Å². The Morgan fingerprint density at radius 3 is 2.78 bits per heavy atom. The van der Waals surface area contributed by atoms with Gasteiger partial charge in [0, 0.05) is 6.54 Å². The van der Waals surface area contributed by atoms with E-state index in [2.05, 4.69) is 11.9 Å². The number of nitrogens with one attached hydrogen (secondary N) is 1. The first kappa shape index (κ1) is 14.3. The third-order valence-corrected chi connectivity index (χ3v) is 2.84. The number of benzene rings is 1. The van der Waals surface area contributed by atoms with Crippen LogP contribution in [0.1, 0.15) is 12.5 Å². The fourth-order valence-corrected chi connectivity index (χ4v) is 1.71. The number of esters is 1. The van der Waals surface area contributed by atoms with Crippen LogP contribution in [0.15, 0.2) is 36.9 Å². The van der Waals surface area contributed by atoms with E-state index in [1.54, 1.807) is 20.1 Å². The summed E-state index contributed by atoms with van der Waals surface area (Å²) in [5.41, 5.74) is -0.132. The molecule has 0 spiro atoms. The van der Waals surface area contributed by atoms with E-state index in [-0.39, 0.29) is 5.97 Å². The molecule has 1 atom stereocenters. The molecule has 0 aliphatic carbocycles. The Labute approximate surface area is 108 Å². The summed E-state index contributed by atoms with van der Waals surface area (Å²) in [6, 6.07) is 7.34. The minimum atomic E-state index is -0.919. The molecule has 1 rings (SSSR count). The maximum atomic E-state index is 12.0. The van der Waals surface area contributed by atoms with Crippen LogP contribution in [0.5, 0.6) is 5.75 Å². The molecule has 0 heterocycles. The Morgan fingerprint density at radius 1 is 1.50 bits per heavy atom. The zero-order valence-electron chi connectivity index (χ0n) is 11.0. The predicted molar refractivity (Wildman–Crippen MR) is 70.6 cm³/mol. The van der Waals surface area contributed by atoms with Gasteiger partial charge in [0.15, 0.2) is 0 Å². The van der Waals surface area contributed by atoms with E-state index in [9.17, 15) is 4.79 Å². The van der Waals surface area contributed by atoms with Gasteiger partial charge in [-0.25, -0.2) is 4.79 Å². The van der Waals surface area contributed by atoms with Gasteiger partial charge in [0.2, 0.25) is 0 Å². The minimum absolute atomic E-state index is 0.349. The average molecular weight is 249 g/mol. The van der Waals surface area contributed by atoms with Gasteiger partial charge < -0.3 is 9.47 Å². The second-order valence-electron chi connectivity index (χ2n) is 4.02. The summed E-state index contributed by atoms with van der Waals surface area (Å²) in [6.07, 6.45) is 1.70. The fourth-order valence-electron chi connectivity index (χ4n) is 1.71. The second-order valence-corrected chi connectivity index (χ2v) is 4.02. The number of rotatable bonds is 6. The molecule has 0 bridgehead atoms. The van der Waals surface area contributed by atoms with Crippen molar-refractivity contribution in [2.75, 3.05) is 20.8 Å². The van der Waals surface area contributed by atoms with Crippen LogP contribution in [-0.2, 0) is 15.1 Å². The first-order chi connectivity index (χ1) is 8.58. The normalized spacial score (nSPS) is 13.5. The Bertz CT molecular complexity index is 431. The monoisotopic (exact) mass is 249 g/mol. The van der Waals surface area contributed by atoms with Gasteiger partial charge >= 0.3 is 5.97 Å². The predicted octanol–water partition coefficient (Wildman–Crippen LogP) is 1.86. The van der Waals surface area contributed by atoms with Crippen LogP contribution in [0.25, 0.3) is 0 Å². The molecule has 98 valence electrons. The lowest BCUT2D eigenvalue weighted by Gasteiger charge is -2.28. The molecule has 0 aromatic heterocycles. The zero-order valence-corrected chi connectivity index (χ0v) is 11.0. The molecule has 1 N–H and O–H groups in total. The lowest BCUT2D eigenvalue weighted by atomic mass is 9.91. The molecule has 0 saturated carbocycles. The molecule has 18 heavy (non-hydrogen) atoms. The third-order valence-electron chi connectivity index (χ3n) is 2.84. The molecule has 0 saturated heterocycles. The van der Waals surface area contributed by atoms with Crippen molar-refractivity contribution in [1.29, 1.82) is 0 Å². The lowest BCUT2D eigenvalue weighted by molar-refractivity contribution is -0.148. The van der Waals surface area contributed by atoms with Crippen LogP contribution in [0.2, 0.25) is 0 Å². The van der Waals surface area contributed by atoms with Gasteiger partial charge in [-0.15, -0.1) is 6.58 Å². The highest BCUT2D eigenvalue weighted by atomic mass is 16.5. The second kappa shape index (κ2) is 6.21. The molecule has 0 fully saturated rings. The molecule has 1 aromatic rings. The first-order valence-electron chi connectivity index (χ1n) is 5.67. The summed E-state index contributed by atoms with van der Waals surface area (Å²) in [4.78, 5) is 12.0. The average Bonchev–Trinajstić information content (AvgIpc) is 2.43. The summed E-state index contributed by atoms with van der Waals surface area (Å²) in [5.74, 6) is 0.348. The van der Waals surface area contributed by atoms with Crippen LogP contribution < -0.4 is 10.1 Å². The topological polar surface area (TPSA) is 47.6 Å². The van der Waals surface area contributed by atoms with Crippen LogP contribution in [0, 0.1) is 0 Å². The van der Waals surface area contributed by atoms with Crippen LogP contribution in [-0.4, -0.2) is 26.7 Å². The van der Waals surface area contributed by atoms with Gasteiger partial charge in [-0.05, 0) is 24.6 Å². The first-order valence-corrected chi connectivity index (χ1v) is 5.67. The van der Waals surface area contributed by atoms with Crippen molar-refractivity contribution >= 4 is 5.97 Å². The minimum Gasteiger partial charge on any atom is -0.497 e. The highest BCUT2D eigenvalue weighted by Gasteiger charge is 2.35. The van der Waals surface area contributed by atoms with E-state index in [0.29, 0.717) is 12.3 Å². The van der Waals surface area contributed by atoms with E-state index in [1.807, 2.05) is 24.3 Å². The summed E-state index contributed by atoms with van der Waals surface area (Å²) in [7, 11) is 2.96. The summed E-state index contributed by atoms with van der Waals surface area (Å²) in [6.45, 7) is 5.91. The van der Waals surface area contributed by atoms with Crippen molar-refractivity contribution in [2.45, 2.75) is 12.5 Å². The van der Waals surface area contributed by atoms with Gasteiger partial charge in [0.05, 0.1) is 14.2 Å². The maximum absolute atomic E-state index is 12.0. The molecule has 0 aliphatic heterocycles. The van der Waals surface area contributed by atoms with Gasteiger partial charge in [-0.1, -0.05) is 18.2 Å². The third kappa shape index (κ3) is 2.90. The van der Waals surface area contributed by atoms with Crippen LogP contribution >= 0.6 is 0 Å². The number of methoxy groups -OCH3 is 2. The summed E-state index contributed by atoms with van der Waals surface area (Å²) >= 11 is 0. The van der Waals surface area contributed by atoms with Gasteiger partial charge in [-0.2, -0.15) is 0 Å². The molecule has 0 radical (unpaired) electrons. The number of ether oxygens (including phenoxy) is 2. The van der Waals surface area contributed by atoms with Crippen LogP contribution in [0.4, 0.5) is 0 Å². The Kier molecular flexibility index (Phi) is 4.92. The van der Waals surface area contributed by atoms with E-state index < -0.39 is 5.54 Å². The molecular formula is C14H19NO3. The van der Waals surface area contributed by atoms with Crippen molar-refractivity contribution < 1.29 is 14.3 Å². The molecule has 4 nitrogen and oxygen atoms in total. The summed E-state index contributed by atoms with van der Waals surface area (Å²) < 4.78 is 10.0. The Balaban J connectivity index is 3.15. The van der Waals surface area contributed by atoms with Gasteiger partial charge in [0.25, 0.3) is 0 Å².